The largest absolute Gasteiger partial charge is 0.493 e. The lowest BCUT2D eigenvalue weighted by atomic mass is 10.1. The van der Waals surface area contributed by atoms with Crippen molar-refractivity contribution >= 4 is 17.3 Å². The number of nitro groups is 1. The summed E-state index contributed by atoms with van der Waals surface area (Å²) >= 11 is 0. The third-order valence-corrected chi connectivity index (χ3v) is 6.24. The summed E-state index contributed by atoms with van der Waals surface area (Å²) in [5.41, 5.74) is 1.79. The summed E-state index contributed by atoms with van der Waals surface area (Å²) in [7, 11) is 4.77. The van der Waals surface area contributed by atoms with Crippen LogP contribution < -0.4 is 24.4 Å². The van der Waals surface area contributed by atoms with E-state index in [0.717, 1.165) is 31.5 Å². The van der Waals surface area contributed by atoms with Gasteiger partial charge in [0.25, 0.3) is 11.6 Å². The summed E-state index contributed by atoms with van der Waals surface area (Å²) < 4.78 is 16.4. The summed E-state index contributed by atoms with van der Waals surface area (Å²) in [6, 6.07) is 8.76. The Labute approximate surface area is 198 Å². The SMILES string of the molecule is COc1ccc(CN2CCN(c3ccc(C(=O)NC4CC4)cc3[N+](=O)[O-])CC2)c(OC)c1OC. The summed E-state index contributed by atoms with van der Waals surface area (Å²) in [6.45, 7) is 3.35. The Morgan fingerprint density at radius 1 is 1.03 bits per heavy atom. The summed E-state index contributed by atoms with van der Waals surface area (Å²) in [5.74, 6) is 1.54. The zero-order valence-corrected chi connectivity index (χ0v) is 19.7. The van der Waals surface area contributed by atoms with Crippen LogP contribution in [0.4, 0.5) is 11.4 Å². The first kappa shape index (κ1) is 23.6. The molecule has 10 nitrogen and oxygen atoms in total. The summed E-state index contributed by atoms with van der Waals surface area (Å²) in [5, 5.41) is 14.6. The monoisotopic (exact) mass is 470 g/mol. The van der Waals surface area contributed by atoms with Crippen LogP contribution in [0.15, 0.2) is 30.3 Å². The number of benzene rings is 2. The molecule has 4 rings (SSSR count). The number of piperazine rings is 1. The van der Waals surface area contributed by atoms with Crippen molar-refractivity contribution in [2.45, 2.75) is 25.4 Å². The van der Waals surface area contributed by atoms with Crippen molar-refractivity contribution in [3.05, 3.63) is 51.6 Å². The second kappa shape index (κ2) is 10.2. The van der Waals surface area contributed by atoms with Gasteiger partial charge in [0.1, 0.15) is 5.69 Å². The molecule has 0 unspecified atom stereocenters. The molecule has 2 fully saturated rings. The van der Waals surface area contributed by atoms with Gasteiger partial charge >= 0.3 is 0 Å². The number of methoxy groups -OCH3 is 3. The molecule has 1 N–H and O–H groups in total. The number of carbonyl (C=O) groups excluding carboxylic acids is 1. The van der Waals surface area contributed by atoms with Gasteiger partial charge in [-0.1, -0.05) is 6.07 Å². The normalized spacial score (nSPS) is 16.1. The van der Waals surface area contributed by atoms with Crippen molar-refractivity contribution in [1.29, 1.82) is 0 Å². The second-order valence-corrected chi connectivity index (χ2v) is 8.46. The van der Waals surface area contributed by atoms with Crippen molar-refractivity contribution in [3.8, 4) is 17.2 Å². The Morgan fingerprint density at radius 3 is 2.32 bits per heavy atom. The minimum atomic E-state index is -0.413. The maximum absolute atomic E-state index is 12.3. The average Bonchev–Trinajstić information content (AvgIpc) is 3.67. The van der Waals surface area contributed by atoms with Gasteiger partial charge in [0.05, 0.1) is 26.3 Å². The van der Waals surface area contributed by atoms with Gasteiger partial charge in [-0.3, -0.25) is 19.8 Å². The smallest absolute Gasteiger partial charge is 0.293 e. The molecule has 1 aliphatic heterocycles. The summed E-state index contributed by atoms with van der Waals surface area (Å²) in [6.07, 6.45) is 1.93. The lowest BCUT2D eigenvalue weighted by molar-refractivity contribution is -0.384. The van der Waals surface area contributed by atoms with Gasteiger partial charge < -0.3 is 24.4 Å². The number of amides is 1. The molecule has 0 aromatic heterocycles. The van der Waals surface area contributed by atoms with E-state index >= 15 is 0 Å². The predicted octanol–water partition coefficient (Wildman–Crippen LogP) is 2.84. The van der Waals surface area contributed by atoms with Crippen LogP contribution in [0.2, 0.25) is 0 Å². The van der Waals surface area contributed by atoms with Crippen molar-refractivity contribution in [2.75, 3.05) is 52.4 Å². The third-order valence-electron chi connectivity index (χ3n) is 6.24. The lowest BCUT2D eigenvalue weighted by Gasteiger charge is -2.36. The van der Waals surface area contributed by atoms with Gasteiger partial charge in [0.15, 0.2) is 11.5 Å². The topological polar surface area (TPSA) is 106 Å². The van der Waals surface area contributed by atoms with Gasteiger partial charge in [-0.05, 0) is 31.0 Å². The van der Waals surface area contributed by atoms with Crippen molar-refractivity contribution in [2.24, 2.45) is 0 Å². The zero-order chi connectivity index (χ0) is 24.2. The van der Waals surface area contributed by atoms with E-state index in [0.29, 0.717) is 48.1 Å². The first-order chi connectivity index (χ1) is 16.4. The molecule has 2 aromatic rings. The van der Waals surface area contributed by atoms with Crippen LogP contribution in [0.1, 0.15) is 28.8 Å². The quantitative estimate of drug-likeness (QED) is 0.441. The number of carbonyl (C=O) groups is 1. The Hall–Kier alpha value is -3.53. The molecule has 0 bridgehead atoms. The number of hydrogen-bond acceptors (Lipinski definition) is 8. The van der Waals surface area contributed by atoms with E-state index in [1.165, 1.54) is 6.07 Å². The zero-order valence-electron chi connectivity index (χ0n) is 19.7. The fourth-order valence-corrected chi connectivity index (χ4v) is 4.25. The highest BCUT2D eigenvalue weighted by molar-refractivity contribution is 5.96. The molecule has 1 saturated carbocycles. The molecule has 1 amide bonds. The third kappa shape index (κ3) is 5.01. The molecule has 182 valence electrons. The predicted molar refractivity (Wildman–Crippen MR) is 127 cm³/mol. The van der Waals surface area contributed by atoms with Crippen LogP contribution in [-0.4, -0.2) is 69.3 Å². The minimum Gasteiger partial charge on any atom is -0.493 e. The molecule has 10 heteroatoms. The van der Waals surface area contributed by atoms with E-state index in [2.05, 4.69) is 10.2 Å². The van der Waals surface area contributed by atoms with Crippen LogP contribution >= 0.6 is 0 Å². The first-order valence-corrected chi connectivity index (χ1v) is 11.3. The molecule has 2 aliphatic rings. The Bertz CT molecular complexity index is 1060. The molecule has 0 atom stereocenters. The molecule has 2 aromatic carbocycles. The highest BCUT2D eigenvalue weighted by Crippen LogP contribution is 2.40. The van der Waals surface area contributed by atoms with E-state index in [1.54, 1.807) is 33.5 Å². The van der Waals surface area contributed by atoms with Gasteiger partial charge in [-0.25, -0.2) is 0 Å². The number of hydrogen-bond donors (Lipinski definition) is 1. The van der Waals surface area contributed by atoms with Crippen LogP contribution in [0.3, 0.4) is 0 Å². The molecule has 0 radical (unpaired) electrons. The molecular weight excluding hydrogens is 440 g/mol. The molecular formula is C24H30N4O6. The van der Waals surface area contributed by atoms with Crippen molar-refractivity contribution in [3.63, 3.8) is 0 Å². The van der Waals surface area contributed by atoms with Crippen molar-refractivity contribution < 1.29 is 23.9 Å². The fraction of sp³-hybridized carbons (Fsp3) is 0.458. The first-order valence-electron chi connectivity index (χ1n) is 11.3. The molecule has 1 heterocycles. The Kier molecular flexibility index (Phi) is 7.06. The van der Waals surface area contributed by atoms with E-state index < -0.39 is 4.92 Å². The van der Waals surface area contributed by atoms with Crippen molar-refractivity contribution in [1.82, 2.24) is 10.2 Å². The van der Waals surface area contributed by atoms with Gasteiger partial charge in [0.2, 0.25) is 5.75 Å². The van der Waals surface area contributed by atoms with Crippen LogP contribution in [0.25, 0.3) is 0 Å². The highest BCUT2D eigenvalue weighted by atomic mass is 16.6. The van der Waals surface area contributed by atoms with E-state index in [-0.39, 0.29) is 17.6 Å². The number of nitro benzene ring substituents is 1. The van der Waals surface area contributed by atoms with Gasteiger partial charge in [-0.15, -0.1) is 0 Å². The Morgan fingerprint density at radius 2 is 1.74 bits per heavy atom. The molecule has 34 heavy (non-hydrogen) atoms. The van der Waals surface area contributed by atoms with E-state index in [1.807, 2.05) is 17.0 Å². The maximum atomic E-state index is 12.3. The highest BCUT2D eigenvalue weighted by Gasteiger charge is 2.28. The fourth-order valence-electron chi connectivity index (χ4n) is 4.25. The Balaban J connectivity index is 1.45. The second-order valence-electron chi connectivity index (χ2n) is 8.46. The number of nitrogens with one attached hydrogen (secondary N) is 1. The number of rotatable bonds is 9. The van der Waals surface area contributed by atoms with E-state index in [4.69, 9.17) is 14.2 Å². The minimum absolute atomic E-state index is 0.0431. The molecule has 0 spiro atoms. The van der Waals surface area contributed by atoms with E-state index in [9.17, 15) is 14.9 Å². The van der Waals surface area contributed by atoms with Crippen LogP contribution in [0.5, 0.6) is 17.2 Å². The number of nitrogens with zero attached hydrogens (tertiary/aromatic N) is 3. The maximum Gasteiger partial charge on any atom is 0.293 e. The average molecular weight is 471 g/mol. The van der Waals surface area contributed by atoms with Crippen LogP contribution in [-0.2, 0) is 6.54 Å². The number of anilines is 1. The van der Waals surface area contributed by atoms with Crippen LogP contribution in [0, 0.1) is 10.1 Å². The van der Waals surface area contributed by atoms with Gasteiger partial charge in [0, 0.05) is 56.0 Å². The summed E-state index contributed by atoms with van der Waals surface area (Å²) in [4.78, 5) is 28.0. The lowest BCUT2D eigenvalue weighted by Crippen LogP contribution is -2.46. The molecule has 1 saturated heterocycles. The standard InChI is InChI=1S/C24H30N4O6/c1-32-21-9-5-17(22(33-2)23(21)34-3)15-26-10-12-27(13-11-26)19-8-4-16(14-20(19)28(30)31)24(29)25-18-6-7-18/h4-5,8-9,14,18H,6-7,10-13,15H2,1-3H3,(H,25,29). The van der Waals surface area contributed by atoms with Gasteiger partial charge in [-0.2, -0.15) is 0 Å². The number of ether oxygens (including phenoxy) is 3. The molecule has 1 aliphatic carbocycles.